The Kier molecular flexibility index (Phi) is 6.99. The van der Waals surface area contributed by atoms with Gasteiger partial charge in [-0.1, -0.05) is 0 Å². The summed E-state index contributed by atoms with van der Waals surface area (Å²) in [6, 6.07) is 0. The van der Waals surface area contributed by atoms with Crippen LogP contribution >= 0.6 is 0 Å². The molecule has 0 fully saturated rings. The third-order valence-corrected chi connectivity index (χ3v) is 1.84. The molecule has 0 aliphatic rings. The summed E-state index contributed by atoms with van der Waals surface area (Å²) in [4.78, 5) is 0.0753. The van der Waals surface area contributed by atoms with E-state index in [2.05, 4.69) is 10.6 Å². The zero-order valence-corrected chi connectivity index (χ0v) is 8.27. The number of hydrogen-bond acceptors (Lipinski definition) is 3. The summed E-state index contributed by atoms with van der Waals surface area (Å²) in [7, 11) is 3.59. The van der Waals surface area contributed by atoms with Crippen molar-refractivity contribution < 1.29 is 10.3 Å². The Morgan fingerprint density at radius 2 is 2.08 bits per heavy atom. The second-order valence-corrected chi connectivity index (χ2v) is 2.97. The van der Waals surface area contributed by atoms with Crippen LogP contribution in [0, 0.1) is 10.4 Å². The zero-order chi connectivity index (χ0) is 10.1. The van der Waals surface area contributed by atoms with Crippen LogP contribution in [0.2, 0.25) is 0 Å². The summed E-state index contributed by atoms with van der Waals surface area (Å²) in [5.41, 5.74) is 0. The Hall–Kier alpha value is -1.04. The van der Waals surface area contributed by atoms with Gasteiger partial charge in [0.25, 0.3) is 0 Å². The number of unbranched alkanes of at least 4 members (excludes halogenated alkanes) is 2. The lowest BCUT2D eigenvalue weighted by molar-refractivity contribution is -0.684. The van der Waals surface area contributed by atoms with E-state index < -0.39 is 0 Å². The van der Waals surface area contributed by atoms with Crippen molar-refractivity contribution in [3.05, 3.63) is 10.4 Å². The molecule has 2 N–H and O–H groups in total. The van der Waals surface area contributed by atoms with E-state index in [0.717, 1.165) is 25.8 Å². The number of hydrogen-bond donors (Lipinski definition) is 1. The van der Waals surface area contributed by atoms with E-state index in [1.54, 1.807) is 7.05 Å². The van der Waals surface area contributed by atoms with Crippen molar-refractivity contribution in [3.8, 4) is 0 Å². The average Bonchev–Trinajstić information content (AvgIpc) is 2.16. The first-order chi connectivity index (χ1) is 6.22. The van der Waals surface area contributed by atoms with Crippen LogP contribution < -0.4 is 5.32 Å². The fourth-order valence-electron chi connectivity index (χ4n) is 1.01. The van der Waals surface area contributed by atoms with Crippen molar-refractivity contribution in [2.75, 3.05) is 27.2 Å². The first-order valence-electron chi connectivity index (χ1n) is 4.51. The van der Waals surface area contributed by atoms with Gasteiger partial charge in [-0.25, -0.2) is 0 Å². The molecule has 0 radical (unpaired) electrons. The number of nitrogens with two attached hydrogens (primary N) is 1. The fourth-order valence-corrected chi connectivity index (χ4v) is 1.01. The highest BCUT2D eigenvalue weighted by atomic mass is 16.6. The number of rotatable bonds is 7. The van der Waals surface area contributed by atoms with Crippen LogP contribution in [0.4, 0.5) is 0 Å². The Bertz CT molecular complexity index is 151. The van der Waals surface area contributed by atoms with Crippen LogP contribution in [-0.4, -0.2) is 37.2 Å². The van der Waals surface area contributed by atoms with Crippen LogP contribution in [0.3, 0.4) is 0 Å². The van der Waals surface area contributed by atoms with E-state index in [4.69, 9.17) is 0 Å². The largest absolute Gasteiger partial charge is 0.737 e. The highest BCUT2D eigenvalue weighted by Gasteiger charge is 2.02. The van der Waals surface area contributed by atoms with Crippen LogP contribution in [0.25, 0.3) is 0 Å². The second-order valence-electron chi connectivity index (χ2n) is 2.97. The molecule has 0 saturated carbocycles. The predicted molar refractivity (Wildman–Crippen MR) is 48.6 cm³/mol. The van der Waals surface area contributed by atoms with Gasteiger partial charge in [-0.2, -0.15) is 5.01 Å². The van der Waals surface area contributed by atoms with Gasteiger partial charge >= 0.3 is 0 Å². The third-order valence-electron chi connectivity index (χ3n) is 1.84. The van der Waals surface area contributed by atoms with Crippen LogP contribution in [-0.2, 0) is 0 Å². The van der Waals surface area contributed by atoms with Gasteiger partial charge in [-0.15, -0.1) is 0 Å². The van der Waals surface area contributed by atoms with Crippen molar-refractivity contribution >= 4 is 0 Å². The summed E-state index contributed by atoms with van der Waals surface area (Å²) in [5, 5.41) is 26.0. The van der Waals surface area contributed by atoms with Gasteiger partial charge in [0.2, 0.25) is 0 Å². The maximum Gasteiger partial charge on any atom is 0.0764 e. The molecule has 13 heavy (non-hydrogen) atoms. The Morgan fingerprint density at radius 1 is 1.38 bits per heavy atom. The predicted octanol–water partition coefficient (Wildman–Crippen LogP) is -0.343. The summed E-state index contributed by atoms with van der Waals surface area (Å²) in [6.07, 6.45) is 3.12. The molecule has 78 valence electrons. The minimum Gasteiger partial charge on any atom is -0.737 e. The minimum absolute atomic E-state index is 0.0753. The summed E-state index contributed by atoms with van der Waals surface area (Å²) in [6.45, 7) is 1.69. The summed E-state index contributed by atoms with van der Waals surface area (Å²) in [5.74, 6) is 0. The Labute approximate surface area is 78.4 Å². The van der Waals surface area contributed by atoms with Crippen molar-refractivity contribution in [1.29, 1.82) is 0 Å². The molecule has 0 aromatic rings. The monoisotopic (exact) mass is 190 g/mol. The summed E-state index contributed by atoms with van der Waals surface area (Å²) >= 11 is 0. The Balaban J connectivity index is 3.32. The van der Waals surface area contributed by atoms with Gasteiger partial charge in [0.05, 0.1) is 27.2 Å². The fraction of sp³-hybridized carbons (Fsp3) is 1.00. The van der Waals surface area contributed by atoms with E-state index in [1.807, 2.05) is 7.05 Å². The van der Waals surface area contributed by atoms with Crippen molar-refractivity contribution in [2.45, 2.75) is 19.3 Å². The van der Waals surface area contributed by atoms with Gasteiger partial charge in [-0.05, 0) is 24.5 Å². The minimum atomic E-state index is 0.0753. The molecule has 0 unspecified atom stereocenters. The zero-order valence-electron chi connectivity index (χ0n) is 8.27. The van der Waals surface area contributed by atoms with Crippen molar-refractivity contribution in [2.24, 2.45) is 5.28 Å². The topological polar surface area (TPSA) is 81.3 Å². The molecule has 0 amide bonds. The molecule has 0 spiro atoms. The highest BCUT2D eigenvalue weighted by molar-refractivity contribution is 4.42. The molecule has 0 aliphatic carbocycles. The van der Waals surface area contributed by atoms with Gasteiger partial charge in [-0.3, -0.25) is 0 Å². The van der Waals surface area contributed by atoms with Gasteiger partial charge in [0, 0.05) is 4.97 Å². The second kappa shape index (κ2) is 7.60. The van der Waals surface area contributed by atoms with Crippen molar-refractivity contribution in [3.63, 3.8) is 0 Å². The maximum absolute atomic E-state index is 10.6. The normalized spacial score (nSPS) is 11.7. The van der Waals surface area contributed by atoms with Crippen LogP contribution in [0.1, 0.15) is 19.3 Å². The van der Waals surface area contributed by atoms with E-state index in [9.17, 15) is 10.4 Å². The lowest BCUT2D eigenvalue weighted by Gasteiger charge is -2.13. The van der Waals surface area contributed by atoms with Gasteiger partial charge in [0.1, 0.15) is 0 Å². The number of nitrogens with zero attached hydrogens (tertiary/aromatic N) is 3. The average molecular weight is 190 g/mol. The molecule has 0 saturated heterocycles. The first-order valence-corrected chi connectivity index (χ1v) is 4.51. The van der Waals surface area contributed by atoms with Crippen LogP contribution in [0.5, 0.6) is 0 Å². The standard InChI is InChI=1S/C7H18N4O2/c1-8-6-4-3-5-7-10(2)11(13)9-12/h8,12H,3-7H2,1-2H3/b11-9-. The molecular weight excluding hydrogens is 172 g/mol. The van der Waals surface area contributed by atoms with Gasteiger partial charge in [0.15, 0.2) is 0 Å². The quantitative estimate of drug-likeness (QED) is 0.258. The molecule has 0 aromatic heterocycles. The first kappa shape index (κ1) is 12.0. The van der Waals surface area contributed by atoms with E-state index in [0.29, 0.717) is 6.54 Å². The summed E-state index contributed by atoms with van der Waals surface area (Å²) < 4.78 is 0. The smallest absolute Gasteiger partial charge is 0.0764 e. The van der Waals surface area contributed by atoms with E-state index >= 15 is 0 Å². The molecular formula is C7H18N4O2. The van der Waals surface area contributed by atoms with E-state index in [1.165, 1.54) is 5.01 Å². The molecule has 0 aliphatic heterocycles. The maximum atomic E-state index is 10.6. The van der Waals surface area contributed by atoms with E-state index in [-0.39, 0.29) is 4.97 Å². The molecule has 0 heterocycles. The molecule has 0 atom stereocenters. The van der Waals surface area contributed by atoms with Crippen LogP contribution in [0.15, 0.2) is 5.28 Å². The molecule has 6 heteroatoms. The molecule has 6 nitrogen and oxygen atoms in total. The van der Waals surface area contributed by atoms with Gasteiger partial charge < -0.3 is 15.7 Å². The number of quaternary nitrogens is 1. The molecule has 0 rings (SSSR count). The molecule has 0 bridgehead atoms. The van der Waals surface area contributed by atoms with Crippen molar-refractivity contribution in [1.82, 2.24) is 5.01 Å². The molecule has 0 aromatic carbocycles. The lowest BCUT2D eigenvalue weighted by Crippen LogP contribution is -2.79. The SMILES string of the molecule is C[NH2+]CCCCCN(C)/[N+]([O-])=N/[O-]. The lowest BCUT2D eigenvalue weighted by atomic mass is 10.2. The highest BCUT2D eigenvalue weighted by Crippen LogP contribution is 1.96. The number of hydrazine groups is 1. The Morgan fingerprint density at radius 3 is 2.62 bits per heavy atom. The third kappa shape index (κ3) is 6.15.